The van der Waals surface area contributed by atoms with Crippen molar-refractivity contribution in [2.45, 2.75) is 6.54 Å². The molecule has 18 heavy (non-hydrogen) atoms. The van der Waals surface area contributed by atoms with E-state index in [1.165, 1.54) is 12.5 Å². The van der Waals surface area contributed by atoms with E-state index in [0.717, 1.165) is 6.07 Å². The molecule has 0 aliphatic heterocycles. The first-order valence-electron chi connectivity index (χ1n) is 4.96. The number of anilines is 1. The summed E-state index contributed by atoms with van der Waals surface area (Å²) in [5.41, 5.74) is -0.285. The second-order valence-corrected chi connectivity index (χ2v) is 3.53. The van der Waals surface area contributed by atoms with Crippen LogP contribution in [0, 0.1) is 21.7 Å². The third kappa shape index (κ3) is 2.45. The monoisotopic (exact) mass is 254 g/mol. The van der Waals surface area contributed by atoms with E-state index in [-0.39, 0.29) is 12.2 Å². The lowest BCUT2D eigenvalue weighted by atomic mass is 10.2. The van der Waals surface area contributed by atoms with Crippen LogP contribution in [0.25, 0.3) is 0 Å². The number of benzene rings is 1. The highest BCUT2D eigenvalue weighted by Gasteiger charge is 2.21. The third-order valence-corrected chi connectivity index (χ3v) is 2.27. The predicted molar refractivity (Wildman–Crippen MR) is 59.0 cm³/mol. The van der Waals surface area contributed by atoms with E-state index in [4.69, 9.17) is 4.42 Å². The van der Waals surface area contributed by atoms with Gasteiger partial charge < -0.3 is 9.73 Å². The van der Waals surface area contributed by atoms with Gasteiger partial charge in [0, 0.05) is 24.2 Å². The van der Waals surface area contributed by atoms with Crippen molar-refractivity contribution in [3.05, 3.63) is 58.0 Å². The molecule has 1 aromatic heterocycles. The van der Waals surface area contributed by atoms with Crippen LogP contribution in [0.2, 0.25) is 0 Å². The minimum Gasteiger partial charge on any atom is -0.472 e. The van der Waals surface area contributed by atoms with E-state index >= 15 is 0 Å². The Kier molecular flexibility index (Phi) is 3.22. The van der Waals surface area contributed by atoms with Crippen molar-refractivity contribution in [3.63, 3.8) is 0 Å². The summed E-state index contributed by atoms with van der Waals surface area (Å²) in [6, 6.07) is 2.98. The van der Waals surface area contributed by atoms with Crippen LogP contribution in [0.5, 0.6) is 0 Å². The van der Waals surface area contributed by atoms with Crippen LogP contribution >= 0.6 is 0 Å². The molecule has 0 aliphatic rings. The summed E-state index contributed by atoms with van der Waals surface area (Å²) in [7, 11) is 0. The molecular formula is C11H8F2N2O3. The maximum atomic E-state index is 13.3. The third-order valence-electron chi connectivity index (χ3n) is 2.27. The highest BCUT2D eigenvalue weighted by molar-refractivity contribution is 5.62. The van der Waals surface area contributed by atoms with Gasteiger partial charge in [-0.1, -0.05) is 0 Å². The lowest BCUT2D eigenvalue weighted by Gasteiger charge is -2.06. The molecule has 0 unspecified atom stereocenters. The number of halogens is 2. The van der Waals surface area contributed by atoms with Gasteiger partial charge in [-0.3, -0.25) is 10.1 Å². The van der Waals surface area contributed by atoms with Gasteiger partial charge in [0.1, 0.15) is 11.5 Å². The summed E-state index contributed by atoms with van der Waals surface area (Å²) in [5.74, 6) is -2.09. The largest absolute Gasteiger partial charge is 0.472 e. The molecule has 94 valence electrons. The molecule has 1 aromatic carbocycles. The van der Waals surface area contributed by atoms with Crippen LogP contribution in [-0.2, 0) is 6.54 Å². The minimum absolute atomic E-state index is 0.167. The normalized spacial score (nSPS) is 10.3. The number of nitro groups is 1. The number of nitro benzene ring substituents is 1. The number of nitrogens with zero attached hydrogens (tertiary/aromatic N) is 1. The Labute approximate surface area is 100 Å². The molecule has 0 spiro atoms. The average molecular weight is 254 g/mol. The molecule has 0 fully saturated rings. The highest BCUT2D eigenvalue weighted by Crippen LogP contribution is 2.29. The van der Waals surface area contributed by atoms with Gasteiger partial charge in [0.25, 0.3) is 0 Å². The Morgan fingerprint density at radius 1 is 1.39 bits per heavy atom. The van der Waals surface area contributed by atoms with Crippen molar-refractivity contribution in [1.82, 2.24) is 0 Å². The smallest absolute Gasteiger partial charge is 0.327 e. The van der Waals surface area contributed by atoms with E-state index in [1.54, 1.807) is 6.07 Å². The highest BCUT2D eigenvalue weighted by atomic mass is 19.1. The van der Waals surface area contributed by atoms with E-state index in [1.807, 2.05) is 0 Å². The van der Waals surface area contributed by atoms with E-state index in [9.17, 15) is 18.9 Å². The molecule has 0 saturated heterocycles. The summed E-state index contributed by atoms with van der Waals surface area (Å²) in [5, 5.41) is 13.3. The van der Waals surface area contributed by atoms with Gasteiger partial charge >= 0.3 is 5.69 Å². The Morgan fingerprint density at radius 3 is 2.78 bits per heavy atom. The van der Waals surface area contributed by atoms with Gasteiger partial charge in [-0.05, 0) is 6.07 Å². The first-order chi connectivity index (χ1) is 8.58. The predicted octanol–water partition coefficient (Wildman–Crippen LogP) is 3.08. The molecule has 0 aliphatic carbocycles. The fraction of sp³-hybridized carbons (Fsp3) is 0.0909. The lowest BCUT2D eigenvalue weighted by Crippen LogP contribution is -2.04. The zero-order valence-electron chi connectivity index (χ0n) is 9.02. The van der Waals surface area contributed by atoms with Gasteiger partial charge in [0.15, 0.2) is 0 Å². The Bertz CT molecular complexity index is 570. The number of nitrogens with one attached hydrogen (secondary N) is 1. The van der Waals surface area contributed by atoms with Gasteiger partial charge in [0.05, 0.1) is 17.4 Å². The molecule has 2 rings (SSSR count). The van der Waals surface area contributed by atoms with Crippen molar-refractivity contribution < 1.29 is 18.1 Å². The van der Waals surface area contributed by atoms with Crippen LogP contribution in [0.3, 0.4) is 0 Å². The van der Waals surface area contributed by atoms with E-state index < -0.39 is 22.2 Å². The fourth-order valence-electron chi connectivity index (χ4n) is 1.48. The van der Waals surface area contributed by atoms with Crippen LogP contribution in [-0.4, -0.2) is 4.92 Å². The van der Waals surface area contributed by atoms with Crippen molar-refractivity contribution >= 4 is 11.4 Å². The standard InChI is InChI=1S/C11H8F2N2O3/c12-8-3-9(13)11(15(16)17)10(4-8)14-5-7-1-2-18-6-7/h1-4,6,14H,5H2. The van der Waals surface area contributed by atoms with Gasteiger partial charge in [-0.2, -0.15) is 4.39 Å². The zero-order chi connectivity index (χ0) is 13.1. The van der Waals surface area contributed by atoms with Crippen LogP contribution in [0.15, 0.2) is 35.1 Å². The summed E-state index contributed by atoms with van der Waals surface area (Å²) in [6.07, 6.45) is 2.85. The molecule has 0 radical (unpaired) electrons. The van der Waals surface area contributed by atoms with Crippen LogP contribution in [0.1, 0.15) is 5.56 Å². The molecule has 2 aromatic rings. The molecule has 0 saturated carbocycles. The fourth-order valence-corrected chi connectivity index (χ4v) is 1.48. The molecule has 7 heteroatoms. The maximum absolute atomic E-state index is 13.3. The van der Waals surface area contributed by atoms with Crippen molar-refractivity contribution in [2.24, 2.45) is 0 Å². The molecule has 5 nitrogen and oxygen atoms in total. The summed E-state index contributed by atoms with van der Waals surface area (Å²) in [6.45, 7) is 0.167. The molecule has 0 bridgehead atoms. The number of furan rings is 1. The Morgan fingerprint density at radius 2 is 2.17 bits per heavy atom. The summed E-state index contributed by atoms with van der Waals surface area (Å²) < 4.78 is 31.1. The average Bonchev–Trinajstić information content (AvgIpc) is 2.77. The topological polar surface area (TPSA) is 68.3 Å². The second-order valence-electron chi connectivity index (χ2n) is 3.53. The molecule has 0 amide bonds. The van der Waals surface area contributed by atoms with Crippen molar-refractivity contribution in [1.29, 1.82) is 0 Å². The minimum atomic E-state index is -1.21. The first-order valence-corrected chi connectivity index (χ1v) is 4.96. The number of hydrogen-bond acceptors (Lipinski definition) is 4. The van der Waals surface area contributed by atoms with E-state index in [2.05, 4.69) is 5.32 Å². The van der Waals surface area contributed by atoms with Crippen LogP contribution in [0.4, 0.5) is 20.2 Å². The van der Waals surface area contributed by atoms with Crippen LogP contribution < -0.4 is 5.32 Å². The molecule has 0 atom stereocenters. The van der Waals surface area contributed by atoms with Gasteiger partial charge in [0.2, 0.25) is 5.82 Å². The lowest BCUT2D eigenvalue weighted by molar-refractivity contribution is -0.386. The van der Waals surface area contributed by atoms with Crippen molar-refractivity contribution in [2.75, 3.05) is 5.32 Å². The quantitative estimate of drug-likeness (QED) is 0.672. The Balaban J connectivity index is 2.28. The van der Waals surface area contributed by atoms with E-state index in [0.29, 0.717) is 11.6 Å². The maximum Gasteiger partial charge on any atom is 0.327 e. The molecular weight excluding hydrogens is 246 g/mol. The zero-order valence-corrected chi connectivity index (χ0v) is 9.02. The number of rotatable bonds is 4. The van der Waals surface area contributed by atoms with Crippen molar-refractivity contribution in [3.8, 4) is 0 Å². The first kappa shape index (κ1) is 12.0. The summed E-state index contributed by atoms with van der Waals surface area (Å²) in [4.78, 5) is 9.80. The Hall–Kier alpha value is -2.44. The SMILES string of the molecule is O=[N+]([O-])c1c(F)cc(F)cc1NCc1ccoc1. The molecule has 1 heterocycles. The summed E-state index contributed by atoms with van der Waals surface area (Å²) >= 11 is 0. The van der Waals surface area contributed by atoms with Gasteiger partial charge in [-0.25, -0.2) is 4.39 Å². The number of hydrogen-bond donors (Lipinski definition) is 1. The second kappa shape index (κ2) is 4.82. The van der Waals surface area contributed by atoms with Gasteiger partial charge in [-0.15, -0.1) is 0 Å². The molecule has 1 N–H and O–H groups in total.